The van der Waals surface area contributed by atoms with Crippen molar-refractivity contribution in [1.82, 2.24) is 14.7 Å². The number of likely N-dealkylation sites (N-methyl/N-ethyl adjacent to an activating group) is 1. The van der Waals surface area contributed by atoms with Gasteiger partial charge in [0.05, 0.1) is 6.10 Å². The lowest BCUT2D eigenvalue weighted by Crippen LogP contribution is -2.55. The molecule has 26 heavy (non-hydrogen) atoms. The summed E-state index contributed by atoms with van der Waals surface area (Å²) in [6, 6.07) is 4.03. The smallest absolute Gasteiger partial charge is 0.126 e. The fraction of sp³-hybridized carbons (Fsp3) is 0.700. The van der Waals surface area contributed by atoms with Crippen LogP contribution in [0.4, 0.5) is 8.78 Å². The molecule has 3 fully saturated rings. The zero-order valence-electron chi connectivity index (χ0n) is 15.5. The maximum atomic E-state index is 13.4. The Morgan fingerprint density at radius 2 is 1.58 bits per heavy atom. The number of hydrogen-bond donors (Lipinski definition) is 1. The van der Waals surface area contributed by atoms with E-state index in [1.165, 1.54) is 12.1 Å². The molecule has 0 aromatic heterocycles. The molecule has 2 heterocycles. The predicted octanol–water partition coefficient (Wildman–Crippen LogP) is 1.78. The van der Waals surface area contributed by atoms with Gasteiger partial charge < -0.3 is 10.0 Å². The summed E-state index contributed by atoms with van der Waals surface area (Å²) in [5.41, 5.74) is 0.692. The molecule has 1 aromatic rings. The Balaban J connectivity index is 1.37. The molecule has 2 saturated heterocycles. The van der Waals surface area contributed by atoms with Crippen molar-refractivity contribution in [1.29, 1.82) is 0 Å². The lowest BCUT2D eigenvalue weighted by molar-refractivity contribution is -0.0249. The normalized spacial score (nSPS) is 34.2. The Kier molecular flexibility index (Phi) is 5.28. The number of halogens is 2. The molecule has 0 amide bonds. The van der Waals surface area contributed by atoms with Crippen LogP contribution in [-0.4, -0.2) is 78.3 Å². The van der Waals surface area contributed by atoms with Crippen molar-refractivity contribution < 1.29 is 13.9 Å². The van der Waals surface area contributed by atoms with Crippen LogP contribution in [0.5, 0.6) is 0 Å². The van der Waals surface area contributed by atoms with Gasteiger partial charge in [-0.15, -0.1) is 0 Å². The van der Waals surface area contributed by atoms with Gasteiger partial charge in [0.15, 0.2) is 0 Å². The molecule has 0 unspecified atom stereocenters. The third-order valence-corrected chi connectivity index (χ3v) is 6.52. The van der Waals surface area contributed by atoms with Crippen LogP contribution in [0, 0.1) is 23.5 Å². The monoisotopic (exact) mass is 365 g/mol. The van der Waals surface area contributed by atoms with Crippen LogP contribution in [0.3, 0.4) is 0 Å². The number of rotatable bonds is 3. The van der Waals surface area contributed by atoms with Crippen molar-refractivity contribution in [3.8, 4) is 0 Å². The van der Waals surface area contributed by atoms with Gasteiger partial charge >= 0.3 is 0 Å². The third-order valence-electron chi connectivity index (χ3n) is 6.52. The Morgan fingerprint density at radius 3 is 2.23 bits per heavy atom. The maximum Gasteiger partial charge on any atom is 0.126 e. The van der Waals surface area contributed by atoms with Crippen molar-refractivity contribution in [3.05, 3.63) is 35.4 Å². The van der Waals surface area contributed by atoms with E-state index in [1.807, 2.05) is 0 Å². The second-order valence-electron chi connectivity index (χ2n) is 8.44. The first-order valence-electron chi connectivity index (χ1n) is 9.76. The fourth-order valence-electron chi connectivity index (χ4n) is 5.14. The van der Waals surface area contributed by atoms with Crippen LogP contribution >= 0.6 is 0 Å². The summed E-state index contributed by atoms with van der Waals surface area (Å²) in [7, 11) is 2.15. The Hall–Kier alpha value is -1.08. The number of piperazine rings is 1. The van der Waals surface area contributed by atoms with E-state index in [0.29, 0.717) is 23.9 Å². The van der Waals surface area contributed by atoms with Crippen molar-refractivity contribution in [2.24, 2.45) is 11.8 Å². The third kappa shape index (κ3) is 3.93. The Morgan fingerprint density at radius 1 is 0.962 bits per heavy atom. The number of fused-ring (bicyclic) bond motifs is 1. The van der Waals surface area contributed by atoms with E-state index in [4.69, 9.17) is 0 Å². The second kappa shape index (κ2) is 7.50. The van der Waals surface area contributed by atoms with Crippen molar-refractivity contribution >= 4 is 0 Å². The second-order valence-corrected chi connectivity index (χ2v) is 8.44. The summed E-state index contributed by atoms with van der Waals surface area (Å²) in [5, 5.41) is 10.7. The Bertz CT molecular complexity index is 615. The summed E-state index contributed by atoms with van der Waals surface area (Å²) in [5.74, 6) is 0.0397. The van der Waals surface area contributed by atoms with E-state index < -0.39 is 11.6 Å². The van der Waals surface area contributed by atoms with Crippen molar-refractivity contribution in [3.63, 3.8) is 0 Å². The zero-order valence-corrected chi connectivity index (χ0v) is 15.5. The largest absolute Gasteiger partial charge is 0.391 e. The van der Waals surface area contributed by atoms with Crippen LogP contribution in [0.25, 0.3) is 0 Å². The van der Waals surface area contributed by atoms with E-state index in [9.17, 15) is 13.9 Å². The molecule has 0 spiro atoms. The van der Waals surface area contributed by atoms with Gasteiger partial charge in [0.2, 0.25) is 0 Å². The van der Waals surface area contributed by atoms with Gasteiger partial charge in [-0.1, -0.05) is 0 Å². The van der Waals surface area contributed by atoms with Crippen LogP contribution < -0.4 is 0 Å². The van der Waals surface area contributed by atoms with Gasteiger partial charge in [-0.05, 0) is 49.4 Å². The lowest BCUT2D eigenvalue weighted by Gasteiger charge is -2.44. The lowest BCUT2D eigenvalue weighted by atomic mass is 9.77. The van der Waals surface area contributed by atoms with E-state index in [-0.39, 0.29) is 12.1 Å². The van der Waals surface area contributed by atoms with Gasteiger partial charge in [0.1, 0.15) is 11.6 Å². The quantitative estimate of drug-likeness (QED) is 0.885. The van der Waals surface area contributed by atoms with E-state index >= 15 is 0 Å². The maximum absolute atomic E-state index is 13.4. The van der Waals surface area contributed by atoms with Gasteiger partial charge in [0, 0.05) is 57.9 Å². The first-order valence-corrected chi connectivity index (χ1v) is 9.76. The molecule has 4 rings (SSSR count). The molecule has 6 heteroatoms. The molecule has 3 aliphatic rings. The Labute approximate surface area is 154 Å². The molecule has 2 aliphatic heterocycles. The number of aliphatic hydroxyl groups is 1. The molecule has 4 nitrogen and oxygen atoms in total. The minimum Gasteiger partial charge on any atom is -0.391 e. The minimum absolute atomic E-state index is 0.258. The molecular weight excluding hydrogens is 336 g/mol. The minimum atomic E-state index is -0.512. The summed E-state index contributed by atoms with van der Waals surface area (Å²) in [4.78, 5) is 7.10. The summed E-state index contributed by atoms with van der Waals surface area (Å²) >= 11 is 0. The highest BCUT2D eigenvalue weighted by Crippen LogP contribution is 2.39. The molecule has 144 valence electrons. The highest BCUT2D eigenvalue weighted by atomic mass is 19.1. The van der Waals surface area contributed by atoms with Crippen LogP contribution in [0.2, 0.25) is 0 Å². The van der Waals surface area contributed by atoms with Crippen molar-refractivity contribution in [2.75, 3.05) is 46.3 Å². The standard InChI is InChI=1S/C20H29F2N3O/c1-23-2-4-25(5-3-23)19-8-15-12-24(13-16(15)9-20(19)26)11-14-6-17(21)10-18(22)7-14/h6-7,10,15-16,19-20,26H,2-5,8-9,11-13H2,1H3/t15-,16+,19-,20-/m1/s1. The van der Waals surface area contributed by atoms with E-state index in [1.54, 1.807) is 0 Å². The molecule has 0 bridgehead atoms. The number of aliphatic hydroxyl groups excluding tert-OH is 1. The van der Waals surface area contributed by atoms with Gasteiger partial charge in [-0.3, -0.25) is 9.80 Å². The molecule has 1 aromatic carbocycles. The molecule has 4 atom stereocenters. The average molecular weight is 365 g/mol. The van der Waals surface area contributed by atoms with Crippen molar-refractivity contribution in [2.45, 2.75) is 31.5 Å². The van der Waals surface area contributed by atoms with Gasteiger partial charge in [-0.2, -0.15) is 0 Å². The fourth-order valence-corrected chi connectivity index (χ4v) is 5.14. The van der Waals surface area contributed by atoms with E-state index in [0.717, 1.165) is 58.2 Å². The predicted molar refractivity (Wildman–Crippen MR) is 96.7 cm³/mol. The molecule has 1 aliphatic carbocycles. The highest BCUT2D eigenvalue weighted by molar-refractivity contribution is 5.18. The molecule has 1 N–H and O–H groups in total. The van der Waals surface area contributed by atoms with Crippen LogP contribution in [-0.2, 0) is 6.54 Å². The summed E-state index contributed by atoms with van der Waals surface area (Å²) in [6.45, 7) is 6.64. The first kappa shape index (κ1) is 18.3. The van der Waals surface area contributed by atoms with Gasteiger partial charge in [-0.25, -0.2) is 8.78 Å². The first-order chi connectivity index (χ1) is 12.5. The summed E-state index contributed by atoms with van der Waals surface area (Å²) in [6.07, 6.45) is 1.62. The number of hydrogen-bond acceptors (Lipinski definition) is 4. The zero-order chi connectivity index (χ0) is 18.3. The van der Waals surface area contributed by atoms with Crippen LogP contribution in [0.15, 0.2) is 18.2 Å². The number of benzene rings is 1. The van der Waals surface area contributed by atoms with Gasteiger partial charge in [0.25, 0.3) is 0 Å². The van der Waals surface area contributed by atoms with E-state index in [2.05, 4.69) is 21.7 Å². The molecular formula is C20H29F2N3O. The summed E-state index contributed by atoms with van der Waals surface area (Å²) < 4.78 is 26.9. The number of nitrogens with zero attached hydrogens (tertiary/aromatic N) is 3. The van der Waals surface area contributed by atoms with Crippen LogP contribution in [0.1, 0.15) is 18.4 Å². The SMILES string of the molecule is CN1CCN([C@@H]2C[C@@H]3CN(Cc4cc(F)cc(F)c4)C[C@@H]3C[C@H]2O)CC1. The highest BCUT2D eigenvalue weighted by Gasteiger charge is 2.43. The molecule has 1 saturated carbocycles. The number of likely N-dealkylation sites (tertiary alicyclic amines) is 1. The average Bonchev–Trinajstić information content (AvgIpc) is 2.95. The molecule has 0 radical (unpaired) electrons. The topological polar surface area (TPSA) is 30.0 Å².